The van der Waals surface area contributed by atoms with Gasteiger partial charge in [0.1, 0.15) is 6.04 Å². The second-order valence-corrected chi connectivity index (χ2v) is 7.26. The Hall–Kier alpha value is -1.14. The maximum Gasteiger partial charge on any atom is 0.326 e. The standard InChI is InChI=1S/C15H23N3O2S/c16-12(13(19)20)11-10-21-14(17-11)18-8-6-15(7-9-18)4-2-1-3-5-15/h10,12H,1-9,16H2,(H,19,20). The Morgan fingerprint density at radius 2 is 1.95 bits per heavy atom. The molecule has 1 aromatic heterocycles. The molecule has 0 radical (unpaired) electrons. The number of aromatic nitrogens is 1. The highest BCUT2D eigenvalue weighted by molar-refractivity contribution is 7.13. The lowest BCUT2D eigenvalue weighted by Crippen LogP contribution is -2.41. The van der Waals surface area contributed by atoms with Crippen LogP contribution in [0.3, 0.4) is 0 Å². The lowest BCUT2D eigenvalue weighted by Gasteiger charge is -2.44. The first kappa shape index (κ1) is 14.8. The van der Waals surface area contributed by atoms with Gasteiger partial charge in [0.05, 0.1) is 5.69 Å². The third kappa shape index (κ3) is 3.06. The van der Waals surface area contributed by atoms with Crippen molar-refractivity contribution in [2.24, 2.45) is 11.1 Å². The molecule has 1 aliphatic heterocycles. The molecule has 3 N–H and O–H groups in total. The summed E-state index contributed by atoms with van der Waals surface area (Å²) in [5, 5.41) is 11.6. The van der Waals surface area contributed by atoms with E-state index in [4.69, 9.17) is 10.8 Å². The summed E-state index contributed by atoms with van der Waals surface area (Å²) in [5.74, 6) is -1.02. The van der Waals surface area contributed by atoms with Crippen molar-refractivity contribution in [2.45, 2.75) is 51.0 Å². The van der Waals surface area contributed by atoms with E-state index in [1.807, 2.05) is 0 Å². The van der Waals surface area contributed by atoms with Crippen LogP contribution in [0.25, 0.3) is 0 Å². The number of carbonyl (C=O) groups is 1. The molecule has 2 fully saturated rings. The maximum atomic E-state index is 10.9. The van der Waals surface area contributed by atoms with Crippen molar-refractivity contribution in [3.8, 4) is 0 Å². The van der Waals surface area contributed by atoms with Crippen molar-refractivity contribution in [3.63, 3.8) is 0 Å². The van der Waals surface area contributed by atoms with Crippen molar-refractivity contribution in [3.05, 3.63) is 11.1 Å². The third-order valence-electron chi connectivity index (χ3n) is 5.10. The average Bonchev–Trinajstić information content (AvgIpc) is 2.97. The first-order valence-electron chi connectivity index (χ1n) is 7.78. The quantitative estimate of drug-likeness (QED) is 0.897. The van der Waals surface area contributed by atoms with Crippen molar-refractivity contribution in [1.82, 2.24) is 4.98 Å². The van der Waals surface area contributed by atoms with E-state index in [-0.39, 0.29) is 0 Å². The molecule has 6 heteroatoms. The molecule has 0 aromatic carbocycles. The van der Waals surface area contributed by atoms with Gasteiger partial charge in [-0.15, -0.1) is 11.3 Å². The molecule has 0 bridgehead atoms. The van der Waals surface area contributed by atoms with E-state index < -0.39 is 12.0 Å². The lowest BCUT2D eigenvalue weighted by molar-refractivity contribution is -0.138. The number of thiazole rings is 1. The van der Waals surface area contributed by atoms with Crippen LogP contribution >= 0.6 is 11.3 Å². The fraction of sp³-hybridized carbons (Fsp3) is 0.733. The Labute approximate surface area is 129 Å². The number of carboxylic acids is 1. The minimum atomic E-state index is -1.02. The van der Waals surface area contributed by atoms with Crippen LogP contribution < -0.4 is 10.6 Å². The van der Waals surface area contributed by atoms with E-state index in [2.05, 4.69) is 9.88 Å². The third-order valence-corrected chi connectivity index (χ3v) is 6.02. The highest BCUT2D eigenvalue weighted by Gasteiger charge is 2.36. The average molecular weight is 309 g/mol. The molecular formula is C15H23N3O2S. The number of piperidine rings is 1. The van der Waals surface area contributed by atoms with Crippen LogP contribution in [0.5, 0.6) is 0 Å². The van der Waals surface area contributed by atoms with Crippen molar-refractivity contribution >= 4 is 22.4 Å². The summed E-state index contributed by atoms with van der Waals surface area (Å²) in [5.41, 5.74) is 6.67. The van der Waals surface area contributed by atoms with E-state index in [1.54, 1.807) is 5.38 Å². The number of nitrogens with zero attached hydrogens (tertiary/aromatic N) is 2. The largest absolute Gasteiger partial charge is 0.480 e. The second kappa shape index (κ2) is 5.93. The summed E-state index contributed by atoms with van der Waals surface area (Å²) in [6.45, 7) is 2.07. The number of rotatable bonds is 3. The zero-order valence-electron chi connectivity index (χ0n) is 12.3. The van der Waals surface area contributed by atoms with Crippen molar-refractivity contribution < 1.29 is 9.90 Å². The molecule has 0 amide bonds. The van der Waals surface area contributed by atoms with Gasteiger partial charge in [0.25, 0.3) is 0 Å². The summed E-state index contributed by atoms with van der Waals surface area (Å²) in [7, 11) is 0. The Morgan fingerprint density at radius 3 is 2.57 bits per heavy atom. The Kier molecular flexibility index (Phi) is 4.17. The molecule has 5 nitrogen and oxygen atoms in total. The van der Waals surface area contributed by atoms with E-state index in [1.165, 1.54) is 56.3 Å². The fourth-order valence-corrected chi connectivity index (χ4v) is 4.58. The molecule has 2 aliphatic rings. The van der Waals surface area contributed by atoms with Crippen LogP contribution in [0, 0.1) is 5.41 Å². The van der Waals surface area contributed by atoms with Crippen LogP contribution in [-0.2, 0) is 4.79 Å². The second-order valence-electron chi connectivity index (χ2n) is 6.42. The van der Waals surface area contributed by atoms with Crippen LogP contribution in [-0.4, -0.2) is 29.1 Å². The van der Waals surface area contributed by atoms with Crippen LogP contribution in [0.2, 0.25) is 0 Å². The number of hydrogen-bond donors (Lipinski definition) is 2. The smallest absolute Gasteiger partial charge is 0.326 e. The molecule has 1 saturated heterocycles. The van der Waals surface area contributed by atoms with Gasteiger partial charge < -0.3 is 15.7 Å². The predicted molar refractivity (Wildman–Crippen MR) is 83.6 cm³/mol. The zero-order chi connectivity index (χ0) is 14.9. The van der Waals surface area contributed by atoms with Gasteiger partial charge in [-0.25, -0.2) is 4.98 Å². The summed E-state index contributed by atoms with van der Waals surface area (Å²) < 4.78 is 0. The molecular weight excluding hydrogens is 286 g/mol. The number of carboxylic acid groups (broad SMARTS) is 1. The van der Waals surface area contributed by atoms with E-state index >= 15 is 0 Å². The minimum Gasteiger partial charge on any atom is -0.480 e. The van der Waals surface area contributed by atoms with Gasteiger partial charge in [0, 0.05) is 18.5 Å². The van der Waals surface area contributed by atoms with E-state index in [9.17, 15) is 4.79 Å². The minimum absolute atomic E-state index is 0.473. The van der Waals surface area contributed by atoms with Gasteiger partial charge in [-0.2, -0.15) is 0 Å². The van der Waals surface area contributed by atoms with Gasteiger partial charge in [-0.3, -0.25) is 4.79 Å². The summed E-state index contributed by atoms with van der Waals surface area (Å²) in [6, 6.07) is -1.01. The maximum absolute atomic E-state index is 10.9. The molecule has 1 aromatic rings. The number of hydrogen-bond acceptors (Lipinski definition) is 5. The molecule has 116 valence electrons. The fourth-order valence-electron chi connectivity index (χ4n) is 3.66. The van der Waals surface area contributed by atoms with Crippen molar-refractivity contribution in [1.29, 1.82) is 0 Å². The van der Waals surface area contributed by atoms with Crippen LogP contribution in [0.1, 0.15) is 56.7 Å². The first-order valence-corrected chi connectivity index (χ1v) is 8.66. The summed E-state index contributed by atoms with van der Waals surface area (Å²) in [4.78, 5) is 17.6. The predicted octanol–water partition coefficient (Wildman–Crippen LogP) is 2.78. The highest BCUT2D eigenvalue weighted by atomic mass is 32.1. The topological polar surface area (TPSA) is 79.5 Å². The first-order chi connectivity index (χ1) is 10.1. The summed E-state index contributed by atoms with van der Waals surface area (Å²) >= 11 is 1.51. The highest BCUT2D eigenvalue weighted by Crippen LogP contribution is 2.45. The Morgan fingerprint density at radius 1 is 1.29 bits per heavy atom. The van der Waals surface area contributed by atoms with Crippen LogP contribution in [0.4, 0.5) is 5.13 Å². The molecule has 21 heavy (non-hydrogen) atoms. The zero-order valence-corrected chi connectivity index (χ0v) is 13.1. The lowest BCUT2D eigenvalue weighted by atomic mass is 9.68. The van der Waals surface area contributed by atoms with Gasteiger partial charge in [0.15, 0.2) is 5.13 Å². The number of anilines is 1. The molecule has 2 heterocycles. The van der Waals surface area contributed by atoms with Crippen LogP contribution in [0.15, 0.2) is 5.38 Å². The number of nitrogens with two attached hydrogens (primary N) is 1. The SMILES string of the molecule is NC(C(=O)O)c1csc(N2CCC3(CCCCC3)CC2)n1. The van der Waals surface area contributed by atoms with Gasteiger partial charge in [-0.1, -0.05) is 19.3 Å². The molecule has 1 saturated carbocycles. The molecule has 1 unspecified atom stereocenters. The monoisotopic (exact) mass is 309 g/mol. The van der Waals surface area contributed by atoms with Gasteiger partial charge in [0.2, 0.25) is 0 Å². The van der Waals surface area contributed by atoms with E-state index in [0.717, 1.165) is 18.2 Å². The number of aliphatic carboxylic acids is 1. The van der Waals surface area contributed by atoms with Gasteiger partial charge in [-0.05, 0) is 31.1 Å². The Balaban J connectivity index is 1.63. The normalized spacial score (nSPS) is 23.2. The Bertz CT molecular complexity index is 501. The van der Waals surface area contributed by atoms with Crippen molar-refractivity contribution in [2.75, 3.05) is 18.0 Å². The molecule has 1 aliphatic carbocycles. The molecule has 1 atom stereocenters. The summed E-state index contributed by atoms with van der Waals surface area (Å²) in [6.07, 6.45) is 9.42. The van der Waals surface area contributed by atoms with Gasteiger partial charge >= 0.3 is 5.97 Å². The molecule has 3 rings (SSSR count). The molecule has 1 spiro atoms. The van der Waals surface area contributed by atoms with E-state index in [0.29, 0.717) is 11.1 Å².